The normalized spacial score (nSPS) is 10.0. The predicted octanol–water partition coefficient (Wildman–Crippen LogP) is -3.21. The number of hydrogen-bond donors (Lipinski definition) is 2. The van der Waals surface area contributed by atoms with Gasteiger partial charge < -0.3 is 12.3 Å². The standard InChI is InChI=1S/C3H9NO.Na.H/c1-3(2,4)5;;/h5H,4H2,1-2H3;;/q;+1;-1. The molecule has 3 heteroatoms. The van der Waals surface area contributed by atoms with Crippen molar-refractivity contribution in [2.75, 3.05) is 0 Å². The van der Waals surface area contributed by atoms with E-state index in [-0.39, 0.29) is 31.0 Å². The molecule has 0 aromatic carbocycles. The van der Waals surface area contributed by atoms with E-state index >= 15 is 0 Å². The second-order valence-corrected chi connectivity index (χ2v) is 1.65. The largest absolute Gasteiger partial charge is 1.00 e. The summed E-state index contributed by atoms with van der Waals surface area (Å²) in [4.78, 5) is 0. The van der Waals surface area contributed by atoms with Crippen LogP contribution in [-0.2, 0) is 0 Å². The number of hydrogen-bond acceptors (Lipinski definition) is 2. The quantitative estimate of drug-likeness (QED) is 0.248. The summed E-state index contributed by atoms with van der Waals surface area (Å²) in [7, 11) is 0. The zero-order valence-electron chi connectivity index (χ0n) is 5.52. The van der Waals surface area contributed by atoms with E-state index in [1.165, 1.54) is 13.8 Å². The maximum absolute atomic E-state index is 8.30. The van der Waals surface area contributed by atoms with Gasteiger partial charge in [0.05, 0.1) is 0 Å². The zero-order chi connectivity index (χ0) is 4.50. The third kappa shape index (κ3) is 89.3. The van der Waals surface area contributed by atoms with Crippen molar-refractivity contribution < 1.29 is 36.1 Å². The molecule has 0 spiro atoms. The SMILES string of the molecule is CC(C)(N)O.[H-].[Na+]. The first kappa shape index (κ1) is 10.0. The van der Waals surface area contributed by atoms with E-state index in [4.69, 9.17) is 10.8 Å². The van der Waals surface area contributed by atoms with Crippen molar-refractivity contribution in [3.63, 3.8) is 0 Å². The van der Waals surface area contributed by atoms with Gasteiger partial charge in [-0.15, -0.1) is 0 Å². The Hall–Kier alpha value is 0.920. The second kappa shape index (κ2) is 2.99. The molecule has 0 bridgehead atoms. The van der Waals surface area contributed by atoms with Crippen LogP contribution < -0.4 is 35.3 Å². The molecule has 0 aliphatic heterocycles. The summed E-state index contributed by atoms with van der Waals surface area (Å²) in [5.74, 6) is 0. The minimum absolute atomic E-state index is 0. The van der Waals surface area contributed by atoms with Gasteiger partial charge in [0.15, 0.2) is 0 Å². The van der Waals surface area contributed by atoms with Crippen molar-refractivity contribution in [3.05, 3.63) is 0 Å². The number of nitrogens with two attached hydrogens (primary N) is 1. The monoisotopic (exact) mass is 99.1 g/mol. The van der Waals surface area contributed by atoms with Gasteiger partial charge in [0.1, 0.15) is 5.72 Å². The molecular formula is C3H10NNaO. The molecule has 0 saturated carbocycles. The van der Waals surface area contributed by atoms with Gasteiger partial charge >= 0.3 is 29.6 Å². The predicted molar refractivity (Wildman–Crippen MR) is 21.6 cm³/mol. The molecular weight excluding hydrogens is 89.0 g/mol. The molecule has 0 aliphatic rings. The van der Waals surface area contributed by atoms with Crippen molar-refractivity contribution in [2.24, 2.45) is 5.73 Å². The van der Waals surface area contributed by atoms with Crippen molar-refractivity contribution in [1.29, 1.82) is 0 Å². The molecule has 3 N–H and O–H groups in total. The molecule has 0 fully saturated rings. The van der Waals surface area contributed by atoms with Crippen LogP contribution in [0.5, 0.6) is 0 Å². The summed E-state index contributed by atoms with van der Waals surface area (Å²) < 4.78 is 0. The average molecular weight is 99.1 g/mol. The first-order chi connectivity index (χ1) is 2.00. The van der Waals surface area contributed by atoms with Crippen LogP contribution in [0.2, 0.25) is 0 Å². The van der Waals surface area contributed by atoms with Gasteiger partial charge in [-0.1, -0.05) is 0 Å². The van der Waals surface area contributed by atoms with E-state index in [1.807, 2.05) is 0 Å². The van der Waals surface area contributed by atoms with Crippen molar-refractivity contribution in [1.82, 2.24) is 0 Å². The van der Waals surface area contributed by atoms with Crippen LogP contribution in [0.25, 0.3) is 0 Å². The van der Waals surface area contributed by atoms with E-state index in [2.05, 4.69) is 0 Å². The molecule has 0 unspecified atom stereocenters. The Morgan fingerprint density at radius 3 is 1.67 bits per heavy atom. The summed E-state index contributed by atoms with van der Waals surface area (Å²) in [6, 6.07) is 0. The summed E-state index contributed by atoms with van der Waals surface area (Å²) in [5.41, 5.74) is 3.91. The van der Waals surface area contributed by atoms with Crippen LogP contribution in [-0.4, -0.2) is 10.8 Å². The number of aliphatic hydroxyl groups is 1. The molecule has 0 saturated heterocycles. The second-order valence-electron chi connectivity index (χ2n) is 1.65. The van der Waals surface area contributed by atoms with E-state index < -0.39 is 5.72 Å². The molecule has 0 aromatic rings. The van der Waals surface area contributed by atoms with Crippen LogP contribution in [0.15, 0.2) is 0 Å². The van der Waals surface area contributed by atoms with E-state index in [0.29, 0.717) is 0 Å². The fourth-order valence-electron chi connectivity index (χ4n) is 0. The first-order valence-electron chi connectivity index (χ1n) is 1.51. The third-order valence-electron chi connectivity index (χ3n) is 0. The Labute approximate surface area is 61.5 Å². The van der Waals surface area contributed by atoms with Crippen molar-refractivity contribution in [2.45, 2.75) is 19.6 Å². The van der Waals surface area contributed by atoms with Crippen LogP contribution in [0.4, 0.5) is 0 Å². The van der Waals surface area contributed by atoms with Crippen LogP contribution in [0.1, 0.15) is 15.3 Å². The van der Waals surface area contributed by atoms with Crippen LogP contribution in [0.3, 0.4) is 0 Å². The van der Waals surface area contributed by atoms with Gasteiger partial charge in [0.2, 0.25) is 0 Å². The smallest absolute Gasteiger partial charge is 1.00 e. The fourth-order valence-corrected chi connectivity index (χ4v) is 0. The third-order valence-corrected chi connectivity index (χ3v) is 0. The summed E-state index contributed by atoms with van der Waals surface area (Å²) in [6.07, 6.45) is 0. The fraction of sp³-hybridized carbons (Fsp3) is 1.00. The Morgan fingerprint density at radius 1 is 1.67 bits per heavy atom. The Morgan fingerprint density at radius 2 is 1.67 bits per heavy atom. The summed E-state index contributed by atoms with van der Waals surface area (Å²) in [6.45, 7) is 3.04. The van der Waals surface area contributed by atoms with Gasteiger partial charge in [-0.3, -0.25) is 0 Å². The van der Waals surface area contributed by atoms with E-state index in [0.717, 1.165) is 0 Å². The van der Waals surface area contributed by atoms with Gasteiger partial charge in [0, 0.05) is 0 Å². The Kier molecular flexibility index (Phi) is 5.00. The maximum Gasteiger partial charge on any atom is 1.00 e. The van der Waals surface area contributed by atoms with Crippen LogP contribution in [0, 0.1) is 0 Å². The number of rotatable bonds is 0. The van der Waals surface area contributed by atoms with Gasteiger partial charge in [-0.25, -0.2) is 0 Å². The molecule has 0 rings (SSSR count). The molecule has 0 aromatic heterocycles. The molecule has 0 amide bonds. The molecule has 2 nitrogen and oxygen atoms in total. The van der Waals surface area contributed by atoms with E-state index in [1.54, 1.807) is 0 Å². The molecule has 0 radical (unpaired) electrons. The summed E-state index contributed by atoms with van der Waals surface area (Å²) >= 11 is 0. The minimum atomic E-state index is -1.00. The van der Waals surface area contributed by atoms with Gasteiger partial charge in [-0.2, -0.15) is 0 Å². The molecule has 34 valence electrons. The molecule has 0 heterocycles. The van der Waals surface area contributed by atoms with Crippen LogP contribution >= 0.6 is 0 Å². The average Bonchev–Trinajstić information content (AvgIpc) is 0.722. The van der Waals surface area contributed by atoms with Gasteiger partial charge in [0.25, 0.3) is 0 Å². The Bertz CT molecular complexity index is 30.4. The van der Waals surface area contributed by atoms with Gasteiger partial charge in [-0.05, 0) is 13.8 Å². The maximum atomic E-state index is 8.30. The van der Waals surface area contributed by atoms with Crippen molar-refractivity contribution in [3.8, 4) is 0 Å². The minimum Gasteiger partial charge on any atom is -1.00 e. The molecule has 0 atom stereocenters. The first-order valence-corrected chi connectivity index (χ1v) is 1.51. The zero-order valence-corrected chi connectivity index (χ0v) is 6.52. The Balaban J connectivity index is -0.0000000800. The summed E-state index contributed by atoms with van der Waals surface area (Å²) in [5, 5.41) is 8.30. The molecule has 0 aliphatic carbocycles. The van der Waals surface area contributed by atoms with Crippen molar-refractivity contribution >= 4 is 0 Å². The molecule has 6 heavy (non-hydrogen) atoms. The van der Waals surface area contributed by atoms with E-state index in [9.17, 15) is 0 Å². The topological polar surface area (TPSA) is 46.2 Å².